The lowest BCUT2D eigenvalue weighted by Crippen LogP contribution is -2.19. The average molecular weight is 286 g/mol. The number of nitrogens with one attached hydrogen (secondary N) is 1. The molecule has 108 valence electrons. The topological polar surface area (TPSA) is 35.8 Å². The molecule has 1 unspecified atom stereocenters. The Morgan fingerprint density at radius 1 is 1.14 bits per heavy atom. The molecule has 0 aromatic heterocycles. The van der Waals surface area contributed by atoms with E-state index in [-0.39, 0.29) is 23.7 Å². The fourth-order valence-corrected chi connectivity index (χ4v) is 2.06. The molecule has 0 heterocycles. The fourth-order valence-electron chi connectivity index (χ4n) is 2.06. The van der Waals surface area contributed by atoms with Crippen molar-refractivity contribution in [2.45, 2.75) is 26.4 Å². The molecule has 4 heteroatoms. The summed E-state index contributed by atoms with van der Waals surface area (Å²) in [4.78, 5) is 0. The zero-order chi connectivity index (χ0) is 15.4. The molecule has 0 aliphatic rings. The van der Waals surface area contributed by atoms with E-state index in [1.54, 1.807) is 6.07 Å². The van der Waals surface area contributed by atoms with E-state index in [0.717, 1.165) is 23.3 Å². The van der Waals surface area contributed by atoms with E-state index >= 15 is 0 Å². The second-order valence-electron chi connectivity index (χ2n) is 5.04. The van der Waals surface area contributed by atoms with Gasteiger partial charge in [0.1, 0.15) is 11.6 Å². The molecule has 0 amide bonds. The van der Waals surface area contributed by atoms with Crippen LogP contribution in [0.5, 0.6) is 0 Å². The summed E-state index contributed by atoms with van der Waals surface area (Å²) in [5.74, 6) is -1.40. The molecule has 0 saturated carbocycles. The molecule has 2 nitrogen and oxygen atoms in total. The van der Waals surface area contributed by atoms with Crippen LogP contribution < -0.4 is 5.32 Å². The van der Waals surface area contributed by atoms with Crippen LogP contribution in [0, 0.1) is 29.9 Å². The Bertz CT molecular complexity index is 649. The summed E-state index contributed by atoms with van der Waals surface area (Å²) in [5, 5.41) is 11.8. The molecule has 2 rings (SSSR count). The largest absolute Gasteiger partial charge is 0.306 e. The van der Waals surface area contributed by atoms with Gasteiger partial charge >= 0.3 is 0 Å². The summed E-state index contributed by atoms with van der Waals surface area (Å²) in [6, 6.07) is 11.8. The van der Waals surface area contributed by atoms with Crippen LogP contribution in [0.1, 0.15) is 35.2 Å². The SMILES string of the molecule is Cc1ccc(C(C)NCc2c(F)cc(C#N)cc2F)cc1. The number of aryl methyl sites for hydroxylation is 1. The summed E-state index contributed by atoms with van der Waals surface area (Å²) < 4.78 is 27.5. The highest BCUT2D eigenvalue weighted by Crippen LogP contribution is 2.18. The molecule has 0 saturated heterocycles. The Kier molecular flexibility index (Phi) is 4.66. The lowest BCUT2D eigenvalue weighted by atomic mass is 10.1. The van der Waals surface area contributed by atoms with Gasteiger partial charge in [0.15, 0.2) is 0 Å². The van der Waals surface area contributed by atoms with E-state index < -0.39 is 11.6 Å². The van der Waals surface area contributed by atoms with Crippen molar-refractivity contribution in [3.8, 4) is 6.07 Å². The summed E-state index contributed by atoms with van der Waals surface area (Å²) in [6.45, 7) is 4.01. The fraction of sp³-hybridized carbons (Fsp3) is 0.235. The van der Waals surface area contributed by atoms with Gasteiger partial charge in [-0.25, -0.2) is 8.78 Å². The first-order valence-electron chi connectivity index (χ1n) is 6.69. The Hall–Kier alpha value is -2.25. The van der Waals surface area contributed by atoms with E-state index in [4.69, 9.17) is 5.26 Å². The maximum absolute atomic E-state index is 13.8. The van der Waals surface area contributed by atoms with E-state index in [1.165, 1.54) is 0 Å². The molecule has 0 bridgehead atoms. The third kappa shape index (κ3) is 3.65. The van der Waals surface area contributed by atoms with Crippen LogP contribution in [-0.2, 0) is 6.54 Å². The highest BCUT2D eigenvalue weighted by Gasteiger charge is 2.13. The van der Waals surface area contributed by atoms with E-state index in [0.29, 0.717) is 0 Å². The minimum absolute atomic E-state index is 0.0136. The number of rotatable bonds is 4. The van der Waals surface area contributed by atoms with Gasteiger partial charge in [0, 0.05) is 18.2 Å². The molecule has 0 spiro atoms. The van der Waals surface area contributed by atoms with Crippen molar-refractivity contribution in [3.63, 3.8) is 0 Å². The van der Waals surface area contributed by atoms with E-state index in [9.17, 15) is 8.78 Å². The summed E-state index contributed by atoms with van der Waals surface area (Å²) >= 11 is 0. The van der Waals surface area contributed by atoms with Crippen LogP contribution in [0.4, 0.5) is 8.78 Å². The van der Waals surface area contributed by atoms with Crippen molar-refractivity contribution in [1.82, 2.24) is 5.32 Å². The standard InChI is InChI=1S/C17H16F2N2/c1-11-3-5-14(6-4-11)12(2)21-10-15-16(18)7-13(9-20)8-17(15)19/h3-8,12,21H,10H2,1-2H3. The van der Waals surface area contributed by atoms with Gasteiger partial charge in [0.05, 0.1) is 11.6 Å². The quantitative estimate of drug-likeness (QED) is 0.922. The van der Waals surface area contributed by atoms with Crippen LogP contribution in [-0.4, -0.2) is 0 Å². The summed E-state index contributed by atoms with van der Waals surface area (Å²) in [5.41, 5.74) is 2.15. The predicted molar refractivity (Wildman–Crippen MR) is 77.5 cm³/mol. The smallest absolute Gasteiger partial charge is 0.131 e. The lowest BCUT2D eigenvalue weighted by molar-refractivity contribution is 0.508. The molecule has 0 radical (unpaired) electrons. The number of benzene rings is 2. The van der Waals surface area contributed by atoms with Gasteiger partial charge in [-0.3, -0.25) is 0 Å². The minimum Gasteiger partial charge on any atom is -0.306 e. The lowest BCUT2D eigenvalue weighted by Gasteiger charge is -2.15. The molecule has 0 aliphatic heterocycles. The molecule has 0 aliphatic carbocycles. The molecule has 0 fully saturated rings. The van der Waals surface area contributed by atoms with Crippen molar-refractivity contribution in [1.29, 1.82) is 5.26 Å². The van der Waals surface area contributed by atoms with Crippen LogP contribution in [0.15, 0.2) is 36.4 Å². The van der Waals surface area contributed by atoms with Crippen LogP contribution in [0.3, 0.4) is 0 Å². The Morgan fingerprint density at radius 2 is 1.71 bits per heavy atom. The second-order valence-corrected chi connectivity index (χ2v) is 5.04. The van der Waals surface area contributed by atoms with E-state index in [2.05, 4.69) is 5.32 Å². The van der Waals surface area contributed by atoms with Gasteiger partial charge in [-0.15, -0.1) is 0 Å². The first-order chi connectivity index (χ1) is 10.0. The van der Waals surface area contributed by atoms with E-state index in [1.807, 2.05) is 38.1 Å². The number of nitriles is 1. The first kappa shape index (κ1) is 15.1. The van der Waals surface area contributed by atoms with Crippen LogP contribution in [0.25, 0.3) is 0 Å². The molecular formula is C17H16F2N2. The van der Waals surface area contributed by atoms with Gasteiger partial charge in [0.2, 0.25) is 0 Å². The molecular weight excluding hydrogens is 270 g/mol. The highest BCUT2D eigenvalue weighted by molar-refractivity contribution is 5.34. The van der Waals surface area contributed by atoms with Gasteiger partial charge in [0.25, 0.3) is 0 Å². The van der Waals surface area contributed by atoms with Gasteiger partial charge in [-0.2, -0.15) is 5.26 Å². The number of hydrogen-bond donors (Lipinski definition) is 1. The Balaban J connectivity index is 2.10. The third-order valence-corrected chi connectivity index (χ3v) is 3.43. The van der Waals surface area contributed by atoms with Crippen molar-refractivity contribution in [2.75, 3.05) is 0 Å². The monoisotopic (exact) mass is 286 g/mol. The van der Waals surface area contributed by atoms with Crippen LogP contribution in [0.2, 0.25) is 0 Å². The maximum atomic E-state index is 13.8. The molecule has 21 heavy (non-hydrogen) atoms. The van der Waals surface area contributed by atoms with Crippen molar-refractivity contribution >= 4 is 0 Å². The number of halogens is 2. The Morgan fingerprint density at radius 3 is 2.24 bits per heavy atom. The summed E-state index contributed by atoms with van der Waals surface area (Å²) in [6.07, 6.45) is 0. The normalized spacial score (nSPS) is 12.0. The predicted octanol–water partition coefficient (Wildman–Crippen LogP) is 4.00. The molecule has 2 aromatic carbocycles. The molecule has 1 atom stereocenters. The average Bonchev–Trinajstić information content (AvgIpc) is 2.46. The molecule has 2 aromatic rings. The van der Waals surface area contributed by atoms with Crippen molar-refractivity contribution in [3.05, 3.63) is 70.3 Å². The highest BCUT2D eigenvalue weighted by atomic mass is 19.1. The number of hydrogen-bond acceptors (Lipinski definition) is 2. The van der Waals surface area contributed by atoms with Gasteiger partial charge < -0.3 is 5.32 Å². The van der Waals surface area contributed by atoms with Gasteiger partial charge in [-0.1, -0.05) is 29.8 Å². The zero-order valence-corrected chi connectivity index (χ0v) is 12.0. The van der Waals surface area contributed by atoms with Gasteiger partial charge in [-0.05, 0) is 31.5 Å². The van der Waals surface area contributed by atoms with Crippen molar-refractivity contribution in [2.24, 2.45) is 0 Å². The Labute approximate surface area is 123 Å². The number of nitrogens with zero attached hydrogens (tertiary/aromatic N) is 1. The molecule has 1 N–H and O–H groups in total. The van der Waals surface area contributed by atoms with Crippen molar-refractivity contribution < 1.29 is 8.78 Å². The maximum Gasteiger partial charge on any atom is 0.131 e. The van der Waals surface area contributed by atoms with Crippen LogP contribution >= 0.6 is 0 Å². The third-order valence-electron chi connectivity index (χ3n) is 3.43. The first-order valence-corrected chi connectivity index (χ1v) is 6.69. The minimum atomic E-state index is -0.699. The second kappa shape index (κ2) is 6.47. The summed E-state index contributed by atoms with van der Waals surface area (Å²) in [7, 11) is 0. The zero-order valence-electron chi connectivity index (χ0n) is 12.0.